The van der Waals surface area contributed by atoms with E-state index in [-0.39, 0.29) is 0 Å². The average molecular weight is 335 g/mol. The Kier molecular flexibility index (Phi) is 5.37. The molecule has 0 radical (unpaired) electrons. The van der Waals surface area contributed by atoms with E-state index in [9.17, 15) is 0 Å². The van der Waals surface area contributed by atoms with Crippen molar-refractivity contribution in [2.75, 3.05) is 5.32 Å². The summed E-state index contributed by atoms with van der Waals surface area (Å²) in [7, 11) is 0. The van der Waals surface area contributed by atoms with Crippen molar-refractivity contribution in [1.82, 2.24) is 10.3 Å². The minimum absolute atomic E-state index is 0.553. The summed E-state index contributed by atoms with van der Waals surface area (Å²) in [6, 6.07) is 17.6. The van der Waals surface area contributed by atoms with Gasteiger partial charge < -0.3 is 15.1 Å². The number of benzene rings is 1. The van der Waals surface area contributed by atoms with Crippen LogP contribution in [0.25, 0.3) is 12.2 Å². The second kappa shape index (κ2) is 8.08. The molecule has 0 aliphatic rings. The molecule has 2 heterocycles. The molecule has 0 aliphatic heterocycles. The highest BCUT2D eigenvalue weighted by molar-refractivity contribution is 7.80. The molecule has 24 heavy (non-hydrogen) atoms. The molecule has 1 aromatic carbocycles. The highest BCUT2D eigenvalue weighted by Crippen LogP contribution is 2.13. The lowest BCUT2D eigenvalue weighted by Crippen LogP contribution is -2.27. The Hall–Kier alpha value is -2.92. The van der Waals surface area contributed by atoms with E-state index < -0.39 is 0 Å². The summed E-state index contributed by atoms with van der Waals surface area (Å²) in [5.74, 6) is 0.839. The van der Waals surface area contributed by atoms with Gasteiger partial charge in [-0.3, -0.25) is 4.98 Å². The number of thiocarbonyl (C=S) groups is 1. The molecule has 120 valence electrons. The van der Waals surface area contributed by atoms with Crippen LogP contribution in [0.5, 0.6) is 0 Å². The van der Waals surface area contributed by atoms with Gasteiger partial charge in [-0.2, -0.15) is 0 Å². The van der Waals surface area contributed by atoms with Gasteiger partial charge in [-0.25, -0.2) is 0 Å². The van der Waals surface area contributed by atoms with Gasteiger partial charge in [0, 0.05) is 11.9 Å². The Morgan fingerprint density at radius 3 is 2.83 bits per heavy atom. The van der Waals surface area contributed by atoms with Crippen LogP contribution >= 0.6 is 12.2 Å². The van der Waals surface area contributed by atoms with Crippen molar-refractivity contribution in [3.8, 4) is 0 Å². The first-order chi connectivity index (χ1) is 11.8. The summed E-state index contributed by atoms with van der Waals surface area (Å²) in [4.78, 5) is 4.27. The van der Waals surface area contributed by atoms with Crippen molar-refractivity contribution in [2.24, 2.45) is 0 Å². The van der Waals surface area contributed by atoms with Gasteiger partial charge in [-0.05, 0) is 60.3 Å². The highest BCUT2D eigenvalue weighted by Gasteiger charge is 2.00. The quantitative estimate of drug-likeness (QED) is 0.680. The molecule has 0 atom stereocenters. The zero-order chi connectivity index (χ0) is 16.6. The summed E-state index contributed by atoms with van der Waals surface area (Å²) in [5.41, 5.74) is 2.92. The Bertz CT molecular complexity index is 814. The number of anilines is 1. The van der Waals surface area contributed by atoms with Crippen LogP contribution in [0.4, 0.5) is 5.69 Å². The van der Waals surface area contributed by atoms with Gasteiger partial charge in [0.1, 0.15) is 5.76 Å². The molecular weight excluding hydrogens is 318 g/mol. The lowest BCUT2D eigenvalue weighted by molar-refractivity contribution is 0.503. The molecule has 4 nitrogen and oxygen atoms in total. The molecule has 2 aromatic heterocycles. The largest absolute Gasteiger partial charge is 0.467 e. The topological polar surface area (TPSA) is 50.1 Å². The van der Waals surface area contributed by atoms with Gasteiger partial charge in [-0.15, -0.1) is 0 Å². The Labute approximate surface area is 146 Å². The van der Waals surface area contributed by atoms with E-state index in [1.165, 1.54) is 0 Å². The molecule has 0 unspecified atom stereocenters. The van der Waals surface area contributed by atoms with Gasteiger partial charge in [0.25, 0.3) is 0 Å². The molecule has 0 aliphatic carbocycles. The van der Waals surface area contributed by atoms with Gasteiger partial charge in [-0.1, -0.05) is 24.3 Å². The van der Waals surface area contributed by atoms with Gasteiger partial charge in [0.05, 0.1) is 18.5 Å². The van der Waals surface area contributed by atoms with E-state index in [1.807, 2.05) is 66.7 Å². The van der Waals surface area contributed by atoms with Crippen LogP contribution in [-0.4, -0.2) is 10.1 Å². The summed E-state index contributed by atoms with van der Waals surface area (Å²) >= 11 is 5.30. The molecular formula is C19H17N3OS. The van der Waals surface area contributed by atoms with Gasteiger partial charge in [0.2, 0.25) is 0 Å². The summed E-state index contributed by atoms with van der Waals surface area (Å²) in [6.45, 7) is 0.554. The second-order valence-corrected chi connectivity index (χ2v) is 5.51. The zero-order valence-corrected chi connectivity index (χ0v) is 13.8. The molecule has 3 aromatic rings. The molecule has 3 rings (SSSR count). The zero-order valence-electron chi connectivity index (χ0n) is 13.0. The number of nitrogens with zero attached hydrogens (tertiary/aromatic N) is 1. The number of rotatable bonds is 5. The fourth-order valence-electron chi connectivity index (χ4n) is 2.13. The van der Waals surface area contributed by atoms with Crippen LogP contribution in [0.15, 0.2) is 71.5 Å². The minimum atomic E-state index is 0.553. The predicted octanol–water partition coefficient (Wildman–Crippen LogP) is 4.33. The maximum Gasteiger partial charge on any atom is 0.171 e. The van der Waals surface area contributed by atoms with Crippen molar-refractivity contribution in [2.45, 2.75) is 6.54 Å². The number of nitrogens with one attached hydrogen (secondary N) is 2. The number of pyridine rings is 1. The first-order valence-electron chi connectivity index (χ1n) is 7.56. The normalized spacial score (nSPS) is 10.7. The number of aromatic nitrogens is 1. The molecule has 0 bridgehead atoms. The Balaban J connectivity index is 1.58. The summed E-state index contributed by atoms with van der Waals surface area (Å²) < 4.78 is 5.26. The maximum atomic E-state index is 5.30. The van der Waals surface area contributed by atoms with Gasteiger partial charge in [0.15, 0.2) is 5.11 Å². The van der Waals surface area contributed by atoms with Crippen LogP contribution in [-0.2, 0) is 6.54 Å². The van der Waals surface area contributed by atoms with Crippen molar-refractivity contribution >= 4 is 35.2 Å². The SMILES string of the molecule is S=C(NCc1ccco1)Nc1cccc(/C=C/c2ccccn2)c1. The van der Waals surface area contributed by atoms with E-state index in [4.69, 9.17) is 16.6 Å². The van der Waals surface area contributed by atoms with Crippen LogP contribution in [0, 0.1) is 0 Å². The van der Waals surface area contributed by atoms with Crippen molar-refractivity contribution in [3.63, 3.8) is 0 Å². The maximum absolute atomic E-state index is 5.30. The third kappa shape index (κ3) is 4.79. The van der Waals surface area contributed by atoms with Crippen LogP contribution < -0.4 is 10.6 Å². The smallest absolute Gasteiger partial charge is 0.171 e. The first-order valence-corrected chi connectivity index (χ1v) is 7.97. The lowest BCUT2D eigenvalue weighted by Gasteiger charge is -2.10. The van der Waals surface area contributed by atoms with E-state index in [1.54, 1.807) is 12.5 Å². The molecule has 0 amide bonds. The number of hydrogen-bond acceptors (Lipinski definition) is 3. The highest BCUT2D eigenvalue weighted by atomic mass is 32.1. The van der Waals surface area contributed by atoms with Crippen LogP contribution in [0.2, 0.25) is 0 Å². The van der Waals surface area contributed by atoms with Crippen molar-refractivity contribution in [1.29, 1.82) is 0 Å². The molecule has 0 saturated heterocycles. The lowest BCUT2D eigenvalue weighted by atomic mass is 10.1. The fraction of sp³-hybridized carbons (Fsp3) is 0.0526. The monoisotopic (exact) mass is 335 g/mol. The standard InChI is InChI=1S/C19H17N3OS/c24-19(21-14-18-8-4-12-23-18)22-17-7-3-5-15(13-17)9-10-16-6-1-2-11-20-16/h1-13H,14H2,(H2,21,22,24)/b10-9+. The molecule has 2 N–H and O–H groups in total. The van der Waals surface area contributed by atoms with Gasteiger partial charge >= 0.3 is 0 Å². The van der Waals surface area contributed by atoms with E-state index in [0.29, 0.717) is 11.7 Å². The fourth-order valence-corrected chi connectivity index (χ4v) is 2.32. The molecule has 0 saturated carbocycles. The average Bonchev–Trinajstić information content (AvgIpc) is 3.13. The van der Waals surface area contributed by atoms with E-state index in [2.05, 4.69) is 15.6 Å². The summed E-state index contributed by atoms with van der Waals surface area (Å²) in [6.07, 6.45) is 7.42. The summed E-state index contributed by atoms with van der Waals surface area (Å²) in [5, 5.41) is 6.83. The van der Waals surface area contributed by atoms with Crippen molar-refractivity contribution in [3.05, 3.63) is 84.1 Å². The molecule has 0 fully saturated rings. The van der Waals surface area contributed by atoms with Crippen LogP contribution in [0.3, 0.4) is 0 Å². The van der Waals surface area contributed by atoms with E-state index >= 15 is 0 Å². The number of hydrogen-bond donors (Lipinski definition) is 2. The minimum Gasteiger partial charge on any atom is -0.467 e. The predicted molar refractivity (Wildman–Crippen MR) is 101 cm³/mol. The van der Waals surface area contributed by atoms with Crippen LogP contribution in [0.1, 0.15) is 17.0 Å². The van der Waals surface area contributed by atoms with E-state index in [0.717, 1.165) is 22.7 Å². The Morgan fingerprint density at radius 2 is 2.04 bits per heavy atom. The third-order valence-corrected chi connectivity index (χ3v) is 3.53. The molecule has 0 spiro atoms. The number of furan rings is 1. The molecule has 5 heteroatoms. The second-order valence-electron chi connectivity index (χ2n) is 5.10. The third-order valence-electron chi connectivity index (χ3n) is 3.28. The van der Waals surface area contributed by atoms with Crippen molar-refractivity contribution < 1.29 is 4.42 Å². The Morgan fingerprint density at radius 1 is 1.08 bits per heavy atom. The first kappa shape index (κ1) is 16.0.